The molecule has 23 heavy (non-hydrogen) atoms. The highest BCUT2D eigenvalue weighted by atomic mass is 32.2. The normalized spacial score (nSPS) is 13.0. The smallest absolute Gasteiger partial charge is 0.228 e. The monoisotopic (exact) mass is 356 g/mol. The van der Waals surface area contributed by atoms with E-state index in [-0.39, 0.29) is 24.1 Å². The van der Waals surface area contributed by atoms with Crippen LogP contribution < -0.4 is 0 Å². The van der Waals surface area contributed by atoms with Crippen LogP contribution in [0, 0.1) is 6.92 Å². The van der Waals surface area contributed by atoms with Gasteiger partial charge in [-0.05, 0) is 25.3 Å². The number of amides is 1. The summed E-state index contributed by atoms with van der Waals surface area (Å²) in [7, 11) is -1.53. The fourth-order valence-electron chi connectivity index (χ4n) is 2.17. The number of rotatable bonds is 6. The first-order chi connectivity index (χ1) is 10.7. The Hall–Kier alpha value is -1.67. The zero-order chi connectivity index (χ0) is 17.2. The van der Waals surface area contributed by atoms with Gasteiger partial charge in [0, 0.05) is 30.3 Å². The molecular weight excluding hydrogens is 336 g/mol. The number of aryl methyl sites for hydroxylation is 1. The molecule has 1 amide bonds. The molecule has 0 N–H and O–H groups in total. The topological polar surface area (TPSA) is 80.5 Å². The van der Waals surface area contributed by atoms with Crippen LogP contribution in [0.2, 0.25) is 0 Å². The lowest BCUT2D eigenvalue weighted by atomic mass is 10.2. The molecule has 0 fully saturated rings. The maximum absolute atomic E-state index is 12.3. The number of carbonyl (C=O) groups is 1. The van der Waals surface area contributed by atoms with Crippen LogP contribution in [0.5, 0.6) is 0 Å². The molecule has 1 unspecified atom stereocenters. The third kappa shape index (κ3) is 4.65. The van der Waals surface area contributed by atoms with E-state index < -0.39 is 9.84 Å². The van der Waals surface area contributed by atoms with Crippen LogP contribution in [-0.2, 0) is 21.1 Å². The number of oxazole rings is 1. The number of hydrogen-bond acceptors (Lipinski definition) is 6. The number of likely N-dealkylation sites (N-methyl/N-ethyl adjacent to an activating group) is 1. The lowest BCUT2D eigenvalue weighted by Gasteiger charge is -2.24. The van der Waals surface area contributed by atoms with Gasteiger partial charge >= 0.3 is 0 Å². The van der Waals surface area contributed by atoms with E-state index in [9.17, 15) is 13.2 Å². The molecule has 0 saturated heterocycles. The Labute approximate surface area is 140 Å². The highest BCUT2D eigenvalue weighted by Gasteiger charge is 2.22. The minimum absolute atomic E-state index is 0.0623. The van der Waals surface area contributed by atoms with Crippen molar-refractivity contribution in [2.75, 3.05) is 19.1 Å². The minimum atomic E-state index is -3.14. The fourth-order valence-corrected chi connectivity index (χ4v) is 3.90. The average Bonchev–Trinajstić information content (AvgIpc) is 3.06. The van der Waals surface area contributed by atoms with Gasteiger partial charge in [-0.3, -0.25) is 4.79 Å². The first kappa shape index (κ1) is 17.7. The lowest BCUT2D eigenvalue weighted by Crippen LogP contribution is -2.40. The van der Waals surface area contributed by atoms with Gasteiger partial charge in [0.25, 0.3) is 0 Å². The molecule has 1 atom stereocenters. The van der Waals surface area contributed by atoms with Crippen LogP contribution in [-0.4, -0.2) is 49.3 Å². The predicted octanol–water partition coefficient (Wildman–Crippen LogP) is 2.15. The number of thiophene rings is 1. The SMILES string of the molecule is Cc1oc(-c2ccsc2)nc1CC(=O)N(C)C(C)CS(C)(=O)=O. The standard InChI is InChI=1S/C15H20N2O4S2/c1-10(9-23(4,19)20)17(3)14(18)7-13-11(2)21-15(16-13)12-5-6-22-8-12/h5-6,8,10H,7,9H2,1-4H3. The van der Waals surface area contributed by atoms with E-state index >= 15 is 0 Å². The summed E-state index contributed by atoms with van der Waals surface area (Å²) in [5.41, 5.74) is 1.46. The third-order valence-electron chi connectivity index (χ3n) is 3.58. The second-order valence-electron chi connectivity index (χ2n) is 5.66. The molecule has 0 aliphatic heterocycles. The molecule has 2 rings (SSSR count). The van der Waals surface area contributed by atoms with Gasteiger partial charge in [-0.25, -0.2) is 13.4 Å². The Bertz CT molecular complexity index is 779. The largest absolute Gasteiger partial charge is 0.441 e. The van der Waals surface area contributed by atoms with Gasteiger partial charge in [-0.1, -0.05) is 0 Å². The van der Waals surface area contributed by atoms with Crippen molar-refractivity contribution >= 4 is 27.1 Å². The third-order valence-corrected chi connectivity index (χ3v) is 5.35. The summed E-state index contributed by atoms with van der Waals surface area (Å²) in [4.78, 5) is 18.2. The Morgan fingerprint density at radius 3 is 2.74 bits per heavy atom. The Balaban J connectivity index is 2.08. The molecule has 2 aromatic heterocycles. The van der Waals surface area contributed by atoms with Crippen LogP contribution in [0.15, 0.2) is 21.2 Å². The summed E-state index contributed by atoms with van der Waals surface area (Å²) in [6.07, 6.45) is 1.25. The van der Waals surface area contributed by atoms with Crippen LogP contribution in [0.4, 0.5) is 0 Å². The average molecular weight is 356 g/mol. The number of aromatic nitrogens is 1. The van der Waals surface area contributed by atoms with Crippen LogP contribution in [0.1, 0.15) is 18.4 Å². The Morgan fingerprint density at radius 2 is 2.17 bits per heavy atom. The predicted molar refractivity (Wildman–Crippen MR) is 90.2 cm³/mol. The zero-order valence-corrected chi connectivity index (χ0v) is 15.2. The van der Waals surface area contributed by atoms with Crippen molar-refractivity contribution in [2.45, 2.75) is 26.3 Å². The molecule has 6 nitrogen and oxygen atoms in total. The van der Waals surface area contributed by atoms with Gasteiger partial charge in [-0.15, -0.1) is 0 Å². The van der Waals surface area contributed by atoms with E-state index in [2.05, 4.69) is 4.98 Å². The summed E-state index contributed by atoms with van der Waals surface area (Å²) in [6.45, 7) is 3.48. The molecule has 0 bridgehead atoms. The Kier molecular flexibility index (Phi) is 5.26. The molecule has 0 aliphatic carbocycles. The van der Waals surface area contributed by atoms with E-state index in [0.29, 0.717) is 17.3 Å². The van der Waals surface area contributed by atoms with E-state index in [1.165, 1.54) is 4.90 Å². The molecule has 0 saturated carbocycles. The van der Waals surface area contributed by atoms with Gasteiger partial charge in [0.2, 0.25) is 11.8 Å². The molecule has 2 aromatic rings. The second-order valence-corrected chi connectivity index (χ2v) is 8.62. The molecule has 0 aliphatic rings. The summed E-state index contributed by atoms with van der Waals surface area (Å²) in [6, 6.07) is 1.52. The van der Waals surface area contributed by atoms with Crippen LogP contribution >= 0.6 is 11.3 Å². The van der Waals surface area contributed by atoms with Gasteiger partial charge in [0.15, 0.2) is 0 Å². The van der Waals surface area contributed by atoms with Gasteiger partial charge in [-0.2, -0.15) is 11.3 Å². The first-order valence-corrected chi connectivity index (χ1v) is 10.1. The summed E-state index contributed by atoms with van der Waals surface area (Å²) in [5, 5.41) is 3.86. The fraction of sp³-hybridized carbons (Fsp3) is 0.467. The lowest BCUT2D eigenvalue weighted by molar-refractivity contribution is -0.130. The number of sulfone groups is 1. The highest BCUT2D eigenvalue weighted by molar-refractivity contribution is 7.90. The molecular formula is C15H20N2O4S2. The van der Waals surface area contributed by atoms with Crippen LogP contribution in [0.3, 0.4) is 0 Å². The van der Waals surface area contributed by atoms with E-state index in [4.69, 9.17) is 4.42 Å². The van der Waals surface area contributed by atoms with Crippen molar-refractivity contribution in [3.63, 3.8) is 0 Å². The maximum Gasteiger partial charge on any atom is 0.228 e. The highest BCUT2D eigenvalue weighted by Crippen LogP contribution is 2.24. The quantitative estimate of drug-likeness (QED) is 0.792. The van der Waals surface area contributed by atoms with Crippen molar-refractivity contribution in [2.24, 2.45) is 0 Å². The van der Waals surface area contributed by atoms with Crippen molar-refractivity contribution in [1.82, 2.24) is 9.88 Å². The second kappa shape index (κ2) is 6.84. The van der Waals surface area contributed by atoms with Crippen molar-refractivity contribution in [1.29, 1.82) is 0 Å². The molecule has 0 radical (unpaired) electrons. The van der Waals surface area contributed by atoms with Crippen molar-refractivity contribution in [3.05, 3.63) is 28.3 Å². The number of carbonyl (C=O) groups excluding carboxylic acids is 1. The van der Waals surface area contributed by atoms with Gasteiger partial charge < -0.3 is 9.32 Å². The summed E-state index contributed by atoms with van der Waals surface area (Å²) in [5.74, 6) is 0.851. The van der Waals surface area contributed by atoms with Gasteiger partial charge in [0.05, 0.1) is 17.9 Å². The summed E-state index contributed by atoms with van der Waals surface area (Å²) >= 11 is 1.55. The number of nitrogens with zero attached hydrogens (tertiary/aromatic N) is 2. The molecule has 0 aromatic carbocycles. The van der Waals surface area contributed by atoms with E-state index in [1.807, 2.05) is 16.8 Å². The number of hydrogen-bond donors (Lipinski definition) is 0. The van der Waals surface area contributed by atoms with Gasteiger partial charge in [0.1, 0.15) is 15.6 Å². The Morgan fingerprint density at radius 1 is 1.48 bits per heavy atom. The molecule has 0 spiro atoms. The molecule has 2 heterocycles. The van der Waals surface area contributed by atoms with E-state index in [1.54, 1.807) is 32.2 Å². The van der Waals surface area contributed by atoms with E-state index in [0.717, 1.165) is 11.8 Å². The summed E-state index contributed by atoms with van der Waals surface area (Å²) < 4.78 is 28.3. The van der Waals surface area contributed by atoms with Crippen molar-refractivity contribution < 1.29 is 17.6 Å². The van der Waals surface area contributed by atoms with Crippen LogP contribution in [0.25, 0.3) is 11.5 Å². The van der Waals surface area contributed by atoms with Crippen molar-refractivity contribution in [3.8, 4) is 11.5 Å². The molecule has 126 valence electrons. The molecule has 8 heteroatoms. The maximum atomic E-state index is 12.3. The first-order valence-electron chi connectivity index (χ1n) is 7.09. The zero-order valence-electron chi connectivity index (χ0n) is 13.6. The minimum Gasteiger partial charge on any atom is -0.441 e.